The predicted molar refractivity (Wildman–Crippen MR) is 80.9 cm³/mol. The molecule has 0 unspecified atom stereocenters. The minimum Gasteiger partial charge on any atom is -0.495 e. The Kier molecular flexibility index (Phi) is 7.67. The standard InChI is InChI=1S/C11H15BrN2O.C2H4O2/c1-6-4-8(10(12)7(2)13)11(14)9(5-6)15-3;1-4-2-3/h4-5H,13-14H2,1-3H3;2H,1H3/b10-7+;. The van der Waals surface area contributed by atoms with Gasteiger partial charge in [0.05, 0.1) is 19.9 Å². The SMILES string of the molecule is COC=O.COc1cc(C)cc(/C(Br)=C(/C)N)c1N. The van der Waals surface area contributed by atoms with E-state index in [4.69, 9.17) is 21.0 Å². The molecule has 0 aliphatic heterocycles. The number of aryl methyl sites for hydroxylation is 1. The van der Waals surface area contributed by atoms with Gasteiger partial charge in [-0.15, -0.1) is 0 Å². The molecule has 0 radical (unpaired) electrons. The van der Waals surface area contributed by atoms with Crippen LogP contribution in [0.15, 0.2) is 17.8 Å². The number of halogens is 1. The minimum absolute atomic E-state index is 0.375. The number of hydrogen-bond donors (Lipinski definition) is 2. The van der Waals surface area contributed by atoms with Crippen LogP contribution in [0, 0.1) is 6.92 Å². The van der Waals surface area contributed by atoms with Crippen LogP contribution < -0.4 is 16.2 Å². The lowest BCUT2D eigenvalue weighted by molar-refractivity contribution is -0.126. The largest absolute Gasteiger partial charge is 0.495 e. The summed E-state index contributed by atoms with van der Waals surface area (Å²) in [6.45, 7) is 4.18. The molecule has 106 valence electrons. The van der Waals surface area contributed by atoms with Crippen LogP contribution in [0.2, 0.25) is 0 Å². The van der Waals surface area contributed by atoms with Crippen LogP contribution in [0.1, 0.15) is 18.1 Å². The molecule has 1 aromatic rings. The van der Waals surface area contributed by atoms with Crippen LogP contribution in [-0.2, 0) is 9.53 Å². The summed E-state index contributed by atoms with van der Waals surface area (Å²) in [5.41, 5.74) is 14.9. The monoisotopic (exact) mass is 330 g/mol. The number of nitrogens with two attached hydrogens (primary N) is 2. The third kappa shape index (κ3) is 5.21. The molecule has 0 heterocycles. The highest BCUT2D eigenvalue weighted by molar-refractivity contribution is 9.15. The Morgan fingerprint density at radius 2 is 1.89 bits per heavy atom. The van der Waals surface area contributed by atoms with Crippen molar-refractivity contribution in [3.05, 3.63) is 29.0 Å². The highest BCUT2D eigenvalue weighted by Gasteiger charge is 2.10. The average Bonchev–Trinajstić information content (AvgIpc) is 2.40. The van der Waals surface area contributed by atoms with E-state index >= 15 is 0 Å². The summed E-state index contributed by atoms with van der Waals surface area (Å²) in [4.78, 5) is 8.95. The molecular weight excluding hydrogens is 312 g/mol. The maximum atomic E-state index is 8.95. The van der Waals surface area contributed by atoms with Crippen LogP contribution >= 0.6 is 15.9 Å². The number of allylic oxidation sites excluding steroid dienone is 1. The van der Waals surface area contributed by atoms with Crippen LogP contribution in [0.25, 0.3) is 4.48 Å². The van der Waals surface area contributed by atoms with Gasteiger partial charge in [-0.05, 0) is 47.5 Å². The van der Waals surface area contributed by atoms with Crippen LogP contribution in [0.4, 0.5) is 5.69 Å². The number of carbonyl (C=O) groups is 1. The zero-order valence-corrected chi connectivity index (χ0v) is 13.1. The second-order valence-corrected chi connectivity index (χ2v) is 4.55. The number of carbonyl (C=O) groups excluding carboxylic acids is 1. The maximum absolute atomic E-state index is 8.95. The van der Waals surface area contributed by atoms with Gasteiger partial charge < -0.3 is 20.9 Å². The fourth-order valence-corrected chi connectivity index (χ4v) is 1.66. The van der Waals surface area contributed by atoms with Crippen molar-refractivity contribution in [2.24, 2.45) is 5.73 Å². The topological polar surface area (TPSA) is 87.6 Å². The van der Waals surface area contributed by atoms with Gasteiger partial charge in [0.2, 0.25) is 0 Å². The quantitative estimate of drug-likeness (QED) is 0.656. The van der Waals surface area contributed by atoms with Gasteiger partial charge in [-0.3, -0.25) is 4.79 Å². The highest BCUT2D eigenvalue weighted by atomic mass is 79.9. The van der Waals surface area contributed by atoms with Crippen LogP contribution in [0.3, 0.4) is 0 Å². The molecule has 5 nitrogen and oxygen atoms in total. The van der Waals surface area contributed by atoms with Gasteiger partial charge in [0.25, 0.3) is 6.47 Å². The Hall–Kier alpha value is -1.69. The molecule has 0 aliphatic carbocycles. The molecule has 0 fully saturated rings. The number of methoxy groups -OCH3 is 2. The smallest absolute Gasteiger partial charge is 0.292 e. The molecule has 0 aromatic heterocycles. The van der Waals surface area contributed by atoms with Gasteiger partial charge in [-0.1, -0.05) is 0 Å². The van der Waals surface area contributed by atoms with Crippen molar-refractivity contribution in [3.63, 3.8) is 0 Å². The Bertz CT molecular complexity index is 469. The van der Waals surface area contributed by atoms with Crippen molar-refractivity contribution < 1.29 is 14.3 Å². The summed E-state index contributed by atoms with van der Waals surface area (Å²) >= 11 is 3.42. The summed E-state index contributed by atoms with van der Waals surface area (Å²) < 4.78 is 9.86. The molecule has 0 amide bonds. The van der Waals surface area contributed by atoms with Crippen molar-refractivity contribution in [2.75, 3.05) is 20.0 Å². The molecule has 0 spiro atoms. The van der Waals surface area contributed by atoms with Crippen LogP contribution in [0.5, 0.6) is 5.75 Å². The lowest BCUT2D eigenvalue weighted by Crippen LogP contribution is -2.00. The zero-order chi connectivity index (χ0) is 15.0. The van der Waals surface area contributed by atoms with E-state index in [2.05, 4.69) is 20.7 Å². The van der Waals surface area contributed by atoms with E-state index in [1.807, 2.05) is 26.0 Å². The van der Waals surface area contributed by atoms with E-state index in [-0.39, 0.29) is 0 Å². The first-order chi connectivity index (χ1) is 8.88. The highest BCUT2D eigenvalue weighted by Crippen LogP contribution is 2.35. The van der Waals surface area contributed by atoms with Crippen LogP contribution in [-0.4, -0.2) is 20.7 Å². The fourth-order valence-electron chi connectivity index (χ4n) is 1.33. The first kappa shape index (κ1) is 17.3. The fraction of sp³-hybridized carbons (Fsp3) is 0.308. The van der Waals surface area contributed by atoms with E-state index in [1.165, 1.54) is 7.11 Å². The van der Waals surface area contributed by atoms with E-state index in [1.54, 1.807) is 7.11 Å². The Morgan fingerprint density at radius 1 is 1.37 bits per heavy atom. The summed E-state index contributed by atoms with van der Waals surface area (Å²) in [6.07, 6.45) is 0. The molecule has 1 aromatic carbocycles. The molecule has 6 heteroatoms. The number of anilines is 1. The molecule has 0 atom stereocenters. The maximum Gasteiger partial charge on any atom is 0.292 e. The van der Waals surface area contributed by atoms with Gasteiger partial charge in [0, 0.05) is 15.7 Å². The third-order valence-corrected chi connectivity index (χ3v) is 3.24. The van der Waals surface area contributed by atoms with E-state index < -0.39 is 0 Å². The summed E-state index contributed by atoms with van der Waals surface area (Å²) in [5.74, 6) is 0.670. The van der Waals surface area contributed by atoms with Gasteiger partial charge in [-0.2, -0.15) is 0 Å². The summed E-state index contributed by atoms with van der Waals surface area (Å²) in [6, 6.07) is 3.86. The average molecular weight is 331 g/mol. The summed E-state index contributed by atoms with van der Waals surface area (Å²) in [5, 5.41) is 0. The van der Waals surface area contributed by atoms with Crippen molar-refractivity contribution in [1.82, 2.24) is 0 Å². The first-order valence-electron chi connectivity index (χ1n) is 5.41. The Balaban J connectivity index is 0.000000711. The Labute approximate surface area is 121 Å². The zero-order valence-electron chi connectivity index (χ0n) is 11.5. The number of rotatable bonds is 3. The molecule has 0 saturated heterocycles. The lowest BCUT2D eigenvalue weighted by Gasteiger charge is -2.12. The van der Waals surface area contributed by atoms with Gasteiger partial charge in [0.15, 0.2) is 0 Å². The normalized spacial score (nSPS) is 10.8. The predicted octanol–water partition coefficient (Wildman–Crippen LogP) is 2.42. The van der Waals surface area contributed by atoms with Gasteiger partial charge >= 0.3 is 0 Å². The second kappa shape index (κ2) is 8.42. The molecular formula is C13H19BrN2O3. The van der Waals surface area contributed by atoms with Crippen molar-refractivity contribution in [1.29, 1.82) is 0 Å². The van der Waals surface area contributed by atoms with Gasteiger partial charge in [0.1, 0.15) is 5.75 Å². The van der Waals surface area contributed by atoms with E-state index in [9.17, 15) is 0 Å². The molecule has 0 bridgehead atoms. The number of hydrogen-bond acceptors (Lipinski definition) is 5. The Morgan fingerprint density at radius 3 is 2.26 bits per heavy atom. The second-order valence-electron chi connectivity index (χ2n) is 3.76. The number of benzene rings is 1. The molecule has 0 aliphatic rings. The number of nitrogen functional groups attached to an aromatic ring is 1. The molecule has 0 saturated carbocycles. The lowest BCUT2D eigenvalue weighted by atomic mass is 10.1. The van der Waals surface area contributed by atoms with Crippen molar-refractivity contribution >= 4 is 32.6 Å². The molecule has 4 N–H and O–H groups in total. The van der Waals surface area contributed by atoms with E-state index in [0.29, 0.717) is 23.6 Å². The molecule has 19 heavy (non-hydrogen) atoms. The first-order valence-corrected chi connectivity index (χ1v) is 6.21. The number of ether oxygens (including phenoxy) is 2. The van der Waals surface area contributed by atoms with E-state index in [0.717, 1.165) is 15.6 Å². The minimum atomic E-state index is 0.375. The van der Waals surface area contributed by atoms with Gasteiger partial charge in [-0.25, -0.2) is 0 Å². The molecule has 1 rings (SSSR count). The third-order valence-electron chi connectivity index (χ3n) is 2.19. The van der Waals surface area contributed by atoms with Crippen molar-refractivity contribution in [3.8, 4) is 5.75 Å². The summed E-state index contributed by atoms with van der Waals surface area (Å²) in [7, 11) is 2.91. The van der Waals surface area contributed by atoms with Crippen molar-refractivity contribution in [2.45, 2.75) is 13.8 Å².